The summed E-state index contributed by atoms with van der Waals surface area (Å²) in [5, 5.41) is 2.27. The second-order valence-electron chi connectivity index (χ2n) is 16.5. The molecule has 2 heteroatoms. The first kappa shape index (κ1) is 32.8. The third-order valence-corrected chi connectivity index (χ3v) is 12.7. The zero-order chi connectivity index (χ0) is 37.8. The van der Waals surface area contributed by atoms with Crippen LogP contribution in [0.5, 0.6) is 0 Å². The van der Waals surface area contributed by atoms with Crippen LogP contribution in [0.4, 0.5) is 17.1 Å². The monoisotopic (exact) mass is 719 g/mol. The smallest absolute Gasteiger partial charge is 0.136 e. The third kappa shape index (κ3) is 4.69. The summed E-state index contributed by atoms with van der Waals surface area (Å²) in [6.07, 6.45) is 0. The molecule has 268 valence electrons. The van der Waals surface area contributed by atoms with E-state index in [2.05, 4.69) is 196 Å². The first-order valence-electron chi connectivity index (χ1n) is 19.7. The highest BCUT2D eigenvalue weighted by atomic mass is 16.3. The first-order valence-corrected chi connectivity index (χ1v) is 19.7. The maximum Gasteiger partial charge on any atom is 0.136 e. The van der Waals surface area contributed by atoms with Crippen molar-refractivity contribution in [2.75, 3.05) is 4.90 Å². The Kier molecular flexibility index (Phi) is 6.98. The van der Waals surface area contributed by atoms with E-state index in [0.29, 0.717) is 0 Å². The number of hydrogen-bond donors (Lipinski definition) is 0. The van der Waals surface area contributed by atoms with Crippen LogP contribution in [0, 0.1) is 0 Å². The van der Waals surface area contributed by atoms with E-state index in [1.165, 1.54) is 61.3 Å². The number of benzene rings is 8. The Balaban J connectivity index is 1.13. The van der Waals surface area contributed by atoms with Crippen molar-refractivity contribution in [1.82, 2.24) is 0 Å². The van der Waals surface area contributed by atoms with Crippen LogP contribution < -0.4 is 4.90 Å². The van der Waals surface area contributed by atoms with Crippen molar-refractivity contribution in [3.05, 3.63) is 198 Å². The average molecular weight is 720 g/mol. The minimum Gasteiger partial charge on any atom is -0.456 e. The SMILES string of the molecule is CC1(C)c2ccccc2-c2ccc(-c3cccc(N(c4ccccc4-c4ccc5c(c4)oc4ccccc45)c4cccc5c4-c4ccccc4C5(C)C)c3)cc21. The molecule has 0 N–H and O–H groups in total. The van der Waals surface area contributed by atoms with Gasteiger partial charge in [-0.1, -0.05) is 155 Å². The highest BCUT2D eigenvalue weighted by Crippen LogP contribution is 2.55. The first-order chi connectivity index (χ1) is 27.3. The lowest BCUT2D eigenvalue weighted by atomic mass is 9.81. The molecule has 2 nitrogen and oxygen atoms in total. The highest BCUT2D eigenvalue weighted by Gasteiger charge is 2.38. The Morgan fingerprint density at radius 3 is 1.82 bits per heavy atom. The molecule has 0 spiro atoms. The molecule has 0 atom stereocenters. The van der Waals surface area contributed by atoms with Gasteiger partial charge in [-0.05, 0) is 104 Å². The predicted molar refractivity (Wildman–Crippen MR) is 234 cm³/mol. The van der Waals surface area contributed by atoms with Crippen molar-refractivity contribution in [3.8, 4) is 44.5 Å². The second kappa shape index (κ2) is 11.9. The van der Waals surface area contributed by atoms with Crippen molar-refractivity contribution < 1.29 is 4.42 Å². The molecule has 0 aliphatic heterocycles. The van der Waals surface area contributed by atoms with Gasteiger partial charge in [0.2, 0.25) is 0 Å². The molecule has 2 aliphatic rings. The van der Waals surface area contributed by atoms with Crippen molar-refractivity contribution in [2.45, 2.75) is 38.5 Å². The topological polar surface area (TPSA) is 16.4 Å². The summed E-state index contributed by atoms with van der Waals surface area (Å²) < 4.78 is 6.42. The van der Waals surface area contributed by atoms with Crippen LogP contribution in [0.25, 0.3) is 66.4 Å². The van der Waals surface area contributed by atoms with Gasteiger partial charge in [0.05, 0.1) is 11.4 Å². The lowest BCUT2D eigenvalue weighted by molar-refractivity contribution is 0.660. The lowest BCUT2D eigenvalue weighted by Gasteiger charge is -2.31. The molecule has 9 aromatic rings. The lowest BCUT2D eigenvalue weighted by Crippen LogP contribution is -2.16. The summed E-state index contributed by atoms with van der Waals surface area (Å²) in [7, 11) is 0. The molecule has 0 saturated carbocycles. The summed E-state index contributed by atoms with van der Waals surface area (Å²) >= 11 is 0. The molecule has 56 heavy (non-hydrogen) atoms. The number of para-hydroxylation sites is 2. The summed E-state index contributed by atoms with van der Waals surface area (Å²) in [6, 6.07) is 64.6. The van der Waals surface area contributed by atoms with Gasteiger partial charge in [-0.15, -0.1) is 0 Å². The Labute approximate surface area is 328 Å². The average Bonchev–Trinajstić information content (AvgIpc) is 3.81. The van der Waals surface area contributed by atoms with Gasteiger partial charge in [0.25, 0.3) is 0 Å². The van der Waals surface area contributed by atoms with E-state index in [0.717, 1.165) is 44.4 Å². The van der Waals surface area contributed by atoms with Gasteiger partial charge in [-0.2, -0.15) is 0 Å². The molecular formula is C54H41NO. The number of anilines is 3. The summed E-state index contributed by atoms with van der Waals surface area (Å²) in [4.78, 5) is 2.49. The zero-order valence-corrected chi connectivity index (χ0v) is 32.1. The van der Waals surface area contributed by atoms with Crippen molar-refractivity contribution >= 4 is 39.0 Å². The summed E-state index contributed by atoms with van der Waals surface area (Å²) in [5.74, 6) is 0. The minimum absolute atomic E-state index is 0.0732. The van der Waals surface area contributed by atoms with Gasteiger partial charge in [0.1, 0.15) is 11.2 Å². The van der Waals surface area contributed by atoms with Crippen molar-refractivity contribution in [3.63, 3.8) is 0 Å². The fraction of sp³-hybridized carbons (Fsp3) is 0.111. The molecule has 1 heterocycles. The van der Waals surface area contributed by atoms with E-state index in [1.807, 2.05) is 12.1 Å². The molecule has 11 rings (SSSR count). The van der Waals surface area contributed by atoms with E-state index in [1.54, 1.807) is 0 Å². The molecule has 2 aliphatic carbocycles. The number of hydrogen-bond acceptors (Lipinski definition) is 2. The van der Waals surface area contributed by atoms with E-state index < -0.39 is 0 Å². The Morgan fingerprint density at radius 2 is 0.964 bits per heavy atom. The number of furan rings is 1. The molecule has 8 aromatic carbocycles. The molecule has 0 unspecified atom stereocenters. The zero-order valence-electron chi connectivity index (χ0n) is 32.1. The molecule has 0 radical (unpaired) electrons. The van der Waals surface area contributed by atoms with Gasteiger partial charge < -0.3 is 9.32 Å². The van der Waals surface area contributed by atoms with E-state index in [9.17, 15) is 0 Å². The number of rotatable bonds is 5. The van der Waals surface area contributed by atoms with Gasteiger partial charge in [-0.25, -0.2) is 0 Å². The molecule has 0 saturated heterocycles. The largest absolute Gasteiger partial charge is 0.456 e. The maximum absolute atomic E-state index is 6.42. The highest BCUT2D eigenvalue weighted by molar-refractivity contribution is 6.06. The Hall–Kier alpha value is -6.64. The van der Waals surface area contributed by atoms with Crippen LogP contribution in [0.2, 0.25) is 0 Å². The second-order valence-corrected chi connectivity index (χ2v) is 16.5. The van der Waals surface area contributed by atoms with Gasteiger partial charge in [0, 0.05) is 38.4 Å². The van der Waals surface area contributed by atoms with Crippen molar-refractivity contribution in [2.24, 2.45) is 0 Å². The van der Waals surface area contributed by atoms with Crippen LogP contribution in [0.3, 0.4) is 0 Å². The predicted octanol–water partition coefficient (Wildman–Crippen LogP) is 15.0. The van der Waals surface area contributed by atoms with Crippen molar-refractivity contribution in [1.29, 1.82) is 0 Å². The standard InChI is InChI=1S/C54H41NO/c1-53(2)45-22-10-6-20-43(45)52-46(53)23-14-25-49(52)55(48-24-11-7-17-38(48)36-28-30-42-41-19-8-12-26-50(41)56-51(42)33-36)37-16-13-15-34(31-37)35-27-29-40-39-18-5-9-21-44(39)54(3,4)47(40)32-35/h5-33H,1-4H3. The molecule has 1 aromatic heterocycles. The van der Waals surface area contributed by atoms with Gasteiger partial charge in [0.15, 0.2) is 0 Å². The third-order valence-electron chi connectivity index (χ3n) is 12.7. The maximum atomic E-state index is 6.42. The number of fused-ring (bicyclic) bond motifs is 9. The summed E-state index contributed by atoms with van der Waals surface area (Å²) in [6.45, 7) is 9.43. The number of nitrogens with zero attached hydrogens (tertiary/aromatic N) is 1. The van der Waals surface area contributed by atoms with Crippen LogP contribution in [0.1, 0.15) is 49.9 Å². The molecule has 0 fully saturated rings. The minimum atomic E-state index is -0.129. The normalized spacial score (nSPS) is 14.4. The fourth-order valence-electron chi connectivity index (χ4n) is 9.84. The van der Waals surface area contributed by atoms with E-state index >= 15 is 0 Å². The molecule has 0 bridgehead atoms. The summed E-state index contributed by atoms with van der Waals surface area (Å²) in [5.41, 5.74) is 20.4. The van der Waals surface area contributed by atoms with Crippen LogP contribution >= 0.6 is 0 Å². The molecular weight excluding hydrogens is 679 g/mol. The van der Waals surface area contributed by atoms with Gasteiger partial charge >= 0.3 is 0 Å². The quantitative estimate of drug-likeness (QED) is 0.176. The van der Waals surface area contributed by atoms with E-state index in [4.69, 9.17) is 4.42 Å². The van der Waals surface area contributed by atoms with Crippen LogP contribution in [0.15, 0.2) is 180 Å². The van der Waals surface area contributed by atoms with Crippen LogP contribution in [-0.4, -0.2) is 0 Å². The Bertz CT molecular complexity index is 3050. The Morgan fingerprint density at radius 1 is 0.375 bits per heavy atom. The van der Waals surface area contributed by atoms with E-state index in [-0.39, 0.29) is 10.8 Å². The van der Waals surface area contributed by atoms with Gasteiger partial charge in [-0.3, -0.25) is 0 Å². The van der Waals surface area contributed by atoms with Crippen LogP contribution in [-0.2, 0) is 10.8 Å². The molecule has 0 amide bonds. The fourth-order valence-corrected chi connectivity index (χ4v) is 9.84.